The Morgan fingerprint density at radius 3 is 2.88 bits per heavy atom. The number of nitrogens with zero attached hydrogens (tertiary/aromatic N) is 4. The van der Waals surface area contributed by atoms with Crippen LogP contribution in [-0.2, 0) is 6.54 Å². The van der Waals surface area contributed by atoms with Gasteiger partial charge in [0.1, 0.15) is 0 Å². The highest BCUT2D eigenvalue weighted by Crippen LogP contribution is 2.33. The molecule has 1 aliphatic rings. The average Bonchev–Trinajstić information content (AvgIpc) is 3.27. The third-order valence-corrected chi connectivity index (χ3v) is 4.52. The molecule has 1 fully saturated rings. The Hall–Kier alpha value is -2.53. The van der Waals surface area contributed by atoms with Crippen LogP contribution in [0, 0.1) is 6.92 Å². The predicted octanol–water partition coefficient (Wildman–Crippen LogP) is 3.78. The highest BCUT2D eigenvalue weighted by Gasteiger charge is 2.30. The van der Waals surface area contributed by atoms with Crippen molar-refractivity contribution in [2.45, 2.75) is 32.4 Å². The van der Waals surface area contributed by atoms with Gasteiger partial charge in [-0.15, -0.1) is 0 Å². The van der Waals surface area contributed by atoms with Gasteiger partial charge in [0, 0.05) is 24.5 Å². The van der Waals surface area contributed by atoms with Crippen molar-refractivity contribution in [1.29, 1.82) is 0 Å². The molecule has 3 heterocycles. The van der Waals surface area contributed by atoms with Crippen LogP contribution in [0.25, 0.3) is 11.4 Å². The number of aromatic nitrogens is 3. The summed E-state index contributed by atoms with van der Waals surface area (Å²) in [6.45, 7) is 4.08. The fourth-order valence-corrected chi connectivity index (χ4v) is 3.21. The largest absolute Gasteiger partial charge is 0.337 e. The molecule has 2 aromatic heterocycles. The molecule has 1 saturated heterocycles. The van der Waals surface area contributed by atoms with E-state index < -0.39 is 0 Å². The van der Waals surface area contributed by atoms with E-state index in [-0.39, 0.29) is 6.04 Å². The Kier molecular flexibility index (Phi) is 4.09. The molecule has 0 unspecified atom stereocenters. The van der Waals surface area contributed by atoms with E-state index in [0.717, 1.165) is 31.5 Å². The van der Waals surface area contributed by atoms with Gasteiger partial charge in [-0.25, -0.2) is 0 Å². The maximum atomic E-state index is 5.56. The maximum Gasteiger partial charge on any atom is 0.244 e. The van der Waals surface area contributed by atoms with Crippen molar-refractivity contribution in [3.63, 3.8) is 0 Å². The fraction of sp³-hybridized carbons (Fsp3) is 0.316. The first-order valence-corrected chi connectivity index (χ1v) is 8.33. The van der Waals surface area contributed by atoms with Crippen LogP contribution >= 0.6 is 0 Å². The number of likely N-dealkylation sites (tertiary alicyclic amines) is 1. The smallest absolute Gasteiger partial charge is 0.244 e. The Morgan fingerprint density at radius 2 is 2.08 bits per heavy atom. The van der Waals surface area contributed by atoms with Gasteiger partial charge in [-0.2, -0.15) is 4.98 Å². The SMILES string of the molecule is Cc1ccc(CN2CCC[C@H]2c2nc(-c3cccnc3)no2)cc1. The van der Waals surface area contributed by atoms with Crippen LogP contribution in [0.1, 0.15) is 35.9 Å². The summed E-state index contributed by atoms with van der Waals surface area (Å²) in [5, 5.41) is 4.13. The highest BCUT2D eigenvalue weighted by molar-refractivity contribution is 5.51. The van der Waals surface area contributed by atoms with Crippen LogP contribution in [0.3, 0.4) is 0 Å². The second-order valence-corrected chi connectivity index (χ2v) is 6.31. The molecular weight excluding hydrogens is 300 g/mol. The van der Waals surface area contributed by atoms with Gasteiger partial charge in [-0.1, -0.05) is 35.0 Å². The Labute approximate surface area is 141 Å². The van der Waals surface area contributed by atoms with Gasteiger partial charge < -0.3 is 4.52 Å². The fourth-order valence-electron chi connectivity index (χ4n) is 3.21. The van der Waals surface area contributed by atoms with Crippen LogP contribution < -0.4 is 0 Å². The van der Waals surface area contributed by atoms with Gasteiger partial charge in [-0.05, 0) is 44.0 Å². The number of benzene rings is 1. The standard InChI is InChI=1S/C19H20N4O/c1-14-6-8-15(9-7-14)13-23-11-3-5-17(23)19-21-18(22-24-19)16-4-2-10-20-12-16/h2,4,6-10,12,17H,3,5,11,13H2,1H3/t17-/m0/s1. The van der Waals surface area contributed by atoms with Gasteiger partial charge in [0.25, 0.3) is 0 Å². The zero-order valence-corrected chi connectivity index (χ0v) is 13.7. The van der Waals surface area contributed by atoms with E-state index in [9.17, 15) is 0 Å². The molecule has 5 nitrogen and oxygen atoms in total. The zero-order chi connectivity index (χ0) is 16.4. The van der Waals surface area contributed by atoms with Crippen LogP contribution in [0.4, 0.5) is 0 Å². The lowest BCUT2D eigenvalue weighted by molar-refractivity contribution is 0.201. The molecule has 3 aromatic rings. The molecule has 1 aliphatic heterocycles. The maximum absolute atomic E-state index is 5.56. The van der Waals surface area contributed by atoms with Gasteiger partial charge >= 0.3 is 0 Å². The molecule has 0 amide bonds. The Bertz CT molecular complexity index is 798. The summed E-state index contributed by atoms with van der Waals surface area (Å²) in [6, 6.07) is 12.7. The normalized spacial score (nSPS) is 18.1. The van der Waals surface area contributed by atoms with Gasteiger partial charge in [0.05, 0.1) is 6.04 Å². The van der Waals surface area contributed by atoms with Gasteiger partial charge in [0.15, 0.2) is 0 Å². The quantitative estimate of drug-likeness (QED) is 0.732. The summed E-state index contributed by atoms with van der Waals surface area (Å²) in [4.78, 5) is 11.1. The van der Waals surface area contributed by atoms with Gasteiger partial charge in [-0.3, -0.25) is 9.88 Å². The molecule has 1 aromatic carbocycles. The minimum Gasteiger partial charge on any atom is -0.337 e. The predicted molar refractivity (Wildman–Crippen MR) is 91.1 cm³/mol. The van der Waals surface area contributed by atoms with Gasteiger partial charge in [0.2, 0.25) is 11.7 Å². The summed E-state index contributed by atoms with van der Waals surface area (Å²) >= 11 is 0. The molecule has 0 saturated carbocycles. The van der Waals surface area contributed by atoms with E-state index in [4.69, 9.17) is 4.52 Å². The summed E-state index contributed by atoms with van der Waals surface area (Å²) in [7, 11) is 0. The third-order valence-electron chi connectivity index (χ3n) is 4.52. The molecule has 1 atom stereocenters. The average molecular weight is 320 g/mol. The first-order chi connectivity index (χ1) is 11.8. The molecule has 0 spiro atoms. The molecule has 24 heavy (non-hydrogen) atoms. The molecule has 0 bridgehead atoms. The zero-order valence-electron chi connectivity index (χ0n) is 13.7. The lowest BCUT2D eigenvalue weighted by atomic mass is 10.1. The van der Waals surface area contributed by atoms with Crippen LogP contribution in [0.2, 0.25) is 0 Å². The Morgan fingerprint density at radius 1 is 1.21 bits per heavy atom. The van der Waals surface area contributed by atoms with Crippen LogP contribution in [0.15, 0.2) is 53.3 Å². The van der Waals surface area contributed by atoms with Crippen molar-refractivity contribution in [2.24, 2.45) is 0 Å². The molecule has 0 N–H and O–H groups in total. The van der Waals surface area contributed by atoms with E-state index in [1.165, 1.54) is 11.1 Å². The van der Waals surface area contributed by atoms with E-state index in [1.54, 1.807) is 12.4 Å². The Balaban J connectivity index is 1.52. The second-order valence-electron chi connectivity index (χ2n) is 6.31. The van der Waals surface area contributed by atoms with E-state index >= 15 is 0 Å². The van der Waals surface area contributed by atoms with Crippen molar-refractivity contribution in [3.05, 3.63) is 65.8 Å². The number of aryl methyl sites for hydroxylation is 1. The molecular formula is C19H20N4O. The second kappa shape index (κ2) is 6.53. The first-order valence-electron chi connectivity index (χ1n) is 8.33. The van der Waals surface area contributed by atoms with Crippen molar-refractivity contribution in [1.82, 2.24) is 20.0 Å². The summed E-state index contributed by atoms with van der Waals surface area (Å²) in [5.41, 5.74) is 3.49. The highest BCUT2D eigenvalue weighted by atomic mass is 16.5. The summed E-state index contributed by atoms with van der Waals surface area (Å²) in [6.07, 6.45) is 5.71. The van der Waals surface area contributed by atoms with Crippen LogP contribution in [-0.4, -0.2) is 26.6 Å². The summed E-state index contributed by atoms with van der Waals surface area (Å²) < 4.78 is 5.56. The first kappa shape index (κ1) is 15.0. The minimum absolute atomic E-state index is 0.198. The van der Waals surface area contributed by atoms with E-state index in [0.29, 0.717) is 11.7 Å². The molecule has 122 valence electrons. The van der Waals surface area contributed by atoms with Crippen molar-refractivity contribution in [3.8, 4) is 11.4 Å². The minimum atomic E-state index is 0.198. The third kappa shape index (κ3) is 3.08. The van der Waals surface area contributed by atoms with E-state index in [2.05, 4.69) is 51.2 Å². The number of hydrogen-bond acceptors (Lipinski definition) is 5. The molecule has 0 radical (unpaired) electrons. The summed E-state index contributed by atoms with van der Waals surface area (Å²) in [5.74, 6) is 1.32. The number of pyridine rings is 1. The molecule has 4 rings (SSSR count). The topological polar surface area (TPSA) is 55.1 Å². The van der Waals surface area contributed by atoms with E-state index in [1.807, 2.05) is 12.1 Å². The lowest BCUT2D eigenvalue weighted by Crippen LogP contribution is -2.23. The molecule has 0 aliphatic carbocycles. The van der Waals surface area contributed by atoms with Crippen molar-refractivity contribution < 1.29 is 4.52 Å². The van der Waals surface area contributed by atoms with Crippen molar-refractivity contribution >= 4 is 0 Å². The van der Waals surface area contributed by atoms with Crippen molar-refractivity contribution in [2.75, 3.05) is 6.54 Å². The monoisotopic (exact) mass is 320 g/mol. The lowest BCUT2D eigenvalue weighted by Gasteiger charge is -2.21. The van der Waals surface area contributed by atoms with Crippen LogP contribution in [0.5, 0.6) is 0 Å². The molecule has 5 heteroatoms. The number of hydrogen-bond donors (Lipinski definition) is 0. The number of rotatable bonds is 4.